The van der Waals surface area contributed by atoms with E-state index in [9.17, 15) is 4.79 Å². The molecule has 0 unspecified atom stereocenters. The second kappa shape index (κ2) is 7.98. The quantitative estimate of drug-likeness (QED) is 0.703. The van der Waals surface area contributed by atoms with Gasteiger partial charge in [-0.2, -0.15) is 0 Å². The molecular formula is C24H27N3O4. The number of ether oxygens (including phenoxy) is 3. The van der Waals surface area contributed by atoms with Crippen LogP contribution in [-0.2, 0) is 9.47 Å². The molecule has 0 saturated carbocycles. The lowest BCUT2D eigenvalue weighted by molar-refractivity contribution is -0.00461. The third-order valence-corrected chi connectivity index (χ3v) is 6.24. The fourth-order valence-corrected chi connectivity index (χ4v) is 4.30. The van der Waals surface area contributed by atoms with Crippen molar-refractivity contribution in [3.05, 3.63) is 59.0 Å². The maximum Gasteiger partial charge on any atom is 0.254 e. The number of carbonyl (C=O) groups excluding carboxylic acids is 1. The molecule has 2 aliphatic heterocycles. The molecule has 0 bridgehead atoms. The van der Waals surface area contributed by atoms with Crippen LogP contribution < -0.4 is 4.74 Å². The molecule has 4 heterocycles. The van der Waals surface area contributed by atoms with Gasteiger partial charge in [0.15, 0.2) is 0 Å². The minimum Gasteiger partial charge on any atom is -0.484 e. The van der Waals surface area contributed by atoms with Crippen LogP contribution in [0.4, 0.5) is 0 Å². The van der Waals surface area contributed by atoms with Crippen molar-refractivity contribution in [2.24, 2.45) is 0 Å². The fraction of sp³-hybridized carbons (Fsp3) is 0.417. The molecule has 7 nitrogen and oxygen atoms in total. The maximum atomic E-state index is 13.1. The molecule has 1 aromatic carbocycles. The highest BCUT2D eigenvalue weighted by molar-refractivity contribution is 5.99. The van der Waals surface area contributed by atoms with E-state index in [2.05, 4.69) is 16.9 Å². The highest BCUT2D eigenvalue weighted by Gasteiger charge is 2.40. The zero-order valence-electron chi connectivity index (χ0n) is 18.1. The first-order chi connectivity index (χ1) is 15.0. The Kier molecular flexibility index (Phi) is 5.16. The van der Waals surface area contributed by atoms with E-state index in [4.69, 9.17) is 14.2 Å². The topological polar surface area (TPSA) is 76.7 Å². The van der Waals surface area contributed by atoms with E-state index in [1.807, 2.05) is 49.1 Å². The number of likely N-dealkylation sites (tertiary alicyclic amines) is 1. The Morgan fingerprint density at radius 3 is 2.52 bits per heavy atom. The lowest BCUT2D eigenvalue weighted by atomic mass is 10.1. The minimum absolute atomic E-state index is 0.0129. The molecule has 0 radical (unpaired) electrons. The summed E-state index contributed by atoms with van der Waals surface area (Å²) >= 11 is 0. The van der Waals surface area contributed by atoms with Crippen molar-refractivity contribution in [2.75, 3.05) is 26.3 Å². The summed E-state index contributed by atoms with van der Waals surface area (Å²) in [5.41, 5.74) is 5.00. The van der Waals surface area contributed by atoms with Crippen LogP contribution in [0.2, 0.25) is 0 Å². The highest BCUT2D eigenvalue weighted by Crippen LogP contribution is 2.26. The van der Waals surface area contributed by atoms with Gasteiger partial charge in [-0.3, -0.25) is 9.78 Å². The molecule has 3 aromatic rings. The number of hydrogen-bond acceptors (Lipinski definition) is 5. The van der Waals surface area contributed by atoms with Gasteiger partial charge in [-0.15, -0.1) is 0 Å². The van der Waals surface area contributed by atoms with E-state index in [1.165, 1.54) is 5.56 Å². The van der Waals surface area contributed by atoms with E-state index in [1.54, 1.807) is 6.20 Å². The Labute approximate surface area is 181 Å². The van der Waals surface area contributed by atoms with E-state index in [0.29, 0.717) is 37.6 Å². The van der Waals surface area contributed by atoms with E-state index in [-0.39, 0.29) is 24.2 Å². The number of aryl methyl sites for hydroxylation is 3. The van der Waals surface area contributed by atoms with Crippen molar-refractivity contribution in [3.63, 3.8) is 0 Å². The molecule has 2 aliphatic rings. The number of pyridine rings is 1. The number of fused-ring (bicyclic) bond motifs is 2. The molecule has 2 fully saturated rings. The summed E-state index contributed by atoms with van der Waals surface area (Å²) in [6.07, 6.45) is 1.23. The molecule has 5 rings (SSSR count). The molecule has 2 aromatic heterocycles. The van der Waals surface area contributed by atoms with Crippen molar-refractivity contribution in [1.29, 1.82) is 0 Å². The van der Waals surface area contributed by atoms with Crippen LogP contribution in [0, 0.1) is 20.8 Å². The molecule has 162 valence electrons. The van der Waals surface area contributed by atoms with Crippen LogP contribution in [0.5, 0.6) is 5.75 Å². The molecule has 2 saturated heterocycles. The fourth-order valence-electron chi connectivity index (χ4n) is 4.30. The third-order valence-electron chi connectivity index (χ3n) is 6.24. The second-order valence-electron chi connectivity index (χ2n) is 8.46. The van der Waals surface area contributed by atoms with Crippen molar-refractivity contribution in [3.8, 4) is 5.75 Å². The van der Waals surface area contributed by atoms with E-state index >= 15 is 0 Å². The van der Waals surface area contributed by atoms with Gasteiger partial charge in [0.05, 0.1) is 19.4 Å². The van der Waals surface area contributed by atoms with Crippen molar-refractivity contribution in [2.45, 2.75) is 39.1 Å². The van der Waals surface area contributed by atoms with Gasteiger partial charge in [0.1, 0.15) is 24.1 Å². The van der Waals surface area contributed by atoms with Crippen LogP contribution in [0.1, 0.15) is 27.3 Å². The smallest absolute Gasteiger partial charge is 0.254 e. The van der Waals surface area contributed by atoms with Crippen molar-refractivity contribution in [1.82, 2.24) is 14.9 Å². The summed E-state index contributed by atoms with van der Waals surface area (Å²) in [6.45, 7) is 7.94. The van der Waals surface area contributed by atoms with Gasteiger partial charge in [-0.25, -0.2) is 0 Å². The summed E-state index contributed by atoms with van der Waals surface area (Å²) in [5.74, 6) is 0.719. The summed E-state index contributed by atoms with van der Waals surface area (Å²) in [4.78, 5) is 22.6. The van der Waals surface area contributed by atoms with Crippen LogP contribution in [-0.4, -0.2) is 65.4 Å². The molecular weight excluding hydrogens is 394 g/mol. The Balaban J connectivity index is 1.23. The summed E-state index contributed by atoms with van der Waals surface area (Å²) in [6, 6.07) is 9.66. The predicted octanol–water partition coefficient (Wildman–Crippen LogP) is 3.18. The number of rotatable bonds is 3. The maximum absolute atomic E-state index is 13.1. The van der Waals surface area contributed by atoms with Gasteiger partial charge < -0.3 is 24.1 Å². The summed E-state index contributed by atoms with van der Waals surface area (Å²) < 4.78 is 18.1. The first-order valence-electron chi connectivity index (χ1n) is 10.7. The van der Waals surface area contributed by atoms with Gasteiger partial charge in [0.25, 0.3) is 5.91 Å². The van der Waals surface area contributed by atoms with Gasteiger partial charge in [0, 0.05) is 40.9 Å². The Morgan fingerprint density at radius 2 is 1.84 bits per heavy atom. The van der Waals surface area contributed by atoms with Gasteiger partial charge >= 0.3 is 0 Å². The SMILES string of the molecule is Cc1ccc(OC2CO[C@H]3CN(C(=O)c4ccc5[nH]c(C)c(C)c5c4)C[C@@H]3OC2)cn1. The van der Waals surface area contributed by atoms with Crippen LogP contribution in [0.15, 0.2) is 36.5 Å². The molecule has 0 spiro atoms. The molecule has 0 aliphatic carbocycles. The zero-order chi connectivity index (χ0) is 21.5. The largest absolute Gasteiger partial charge is 0.484 e. The number of benzene rings is 1. The number of amides is 1. The third kappa shape index (κ3) is 3.91. The average Bonchev–Trinajstić information content (AvgIpc) is 3.25. The number of hydrogen-bond donors (Lipinski definition) is 1. The zero-order valence-corrected chi connectivity index (χ0v) is 18.1. The number of carbonyl (C=O) groups is 1. The Bertz CT molecular complexity index is 1090. The molecule has 2 atom stereocenters. The normalized spacial score (nSPS) is 21.8. The molecule has 7 heteroatoms. The number of nitrogens with zero attached hydrogens (tertiary/aromatic N) is 2. The number of H-pyrrole nitrogens is 1. The molecule has 1 amide bonds. The lowest BCUT2D eigenvalue weighted by Gasteiger charge is -2.19. The first kappa shape index (κ1) is 20.0. The van der Waals surface area contributed by atoms with Gasteiger partial charge in [0.2, 0.25) is 0 Å². The molecule has 1 N–H and O–H groups in total. The number of aromatic nitrogens is 2. The number of nitrogens with one attached hydrogen (secondary N) is 1. The highest BCUT2D eigenvalue weighted by atomic mass is 16.6. The Morgan fingerprint density at radius 1 is 1.10 bits per heavy atom. The van der Waals surface area contributed by atoms with Crippen LogP contribution in [0.25, 0.3) is 10.9 Å². The van der Waals surface area contributed by atoms with Crippen LogP contribution in [0.3, 0.4) is 0 Å². The molecule has 31 heavy (non-hydrogen) atoms. The number of aromatic amines is 1. The van der Waals surface area contributed by atoms with Crippen molar-refractivity contribution < 1.29 is 19.0 Å². The lowest BCUT2D eigenvalue weighted by Crippen LogP contribution is -2.32. The van der Waals surface area contributed by atoms with Crippen LogP contribution >= 0.6 is 0 Å². The van der Waals surface area contributed by atoms with Crippen molar-refractivity contribution >= 4 is 16.8 Å². The Hall–Kier alpha value is -2.90. The monoisotopic (exact) mass is 421 g/mol. The minimum atomic E-state index is -0.193. The predicted molar refractivity (Wildman–Crippen MR) is 117 cm³/mol. The summed E-state index contributed by atoms with van der Waals surface area (Å²) in [7, 11) is 0. The van der Waals surface area contributed by atoms with E-state index < -0.39 is 0 Å². The standard InChI is InChI=1S/C24H27N3O4/c1-14-4-6-18(9-25-14)31-19-12-29-22-10-27(11-23(22)30-13-19)24(28)17-5-7-21-20(8-17)15(2)16(3)26-21/h4-9,19,22-23,26H,10-13H2,1-3H3/t22-,23-/m0/s1. The van der Waals surface area contributed by atoms with Gasteiger partial charge in [-0.1, -0.05) is 0 Å². The summed E-state index contributed by atoms with van der Waals surface area (Å²) in [5, 5.41) is 1.09. The first-order valence-corrected chi connectivity index (χ1v) is 10.7. The average molecular weight is 421 g/mol. The van der Waals surface area contributed by atoms with Gasteiger partial charge in [-0.05, 0) is 56.7 Å². The second-order valence-corrected chi connectivity index (χ2v) is 8.46. The van der Waals surface area contributed by atoms with E-state index in [0.717, 1.165) is 22.3 Å².